The fraction of sp³-hybridized carbons (Fsp3) is 0.600. The van der Waals surface area contributed by atoms with Gasteiger partial charge in [-0.25, -0.2) is 0 Å². The van der Waals surface area contributed by atoms with E-state index in [0.29, 0.717) is 5.92 Å². The van der Waals surface area contributed by atoms with Gasteiger partial charge in [0.25, 0.3) is 0 Å². The molecule has 16 heavy (non-hydrogen) atoms. The topological polar surface area (TPSA) is 26.0 Å². The maximum absolute atomic E-state index is 6.47. The molecule has 1 nitrogen and oxygen atoms in total. The Morgan fingerprint density at radius 1 is 1.06 bits per heavy atom. The quantitative estimate of drug-likeness (QED) is 0.799. The van der Waals surface area contributed by atoms with Crippen molar-refractivity contribution >= 4 is 0 Å². The normalized spacial score (nSPS) is 19.7. The van der Waals surface area contributed by atoms with Crippen LogP contribution >= 0.6 is 0 Å². The van der Waals surface area contributed by atoms with Crippen molar-refractivity contribution in [3.63, 3.8) is 0 Å². The van der Waals surface area contributed by atoms with Crippen LogP contribution in [-0.4, -0.2) is 0 Å². The monoisotopic (exact) mass is 217 g/mol. The number of aryl methyl sites for hydroxylation is 2. The first-order chi connectivity index (χ1) is 7.70. The van der Waals surface area contributed by atoms with Gasteiger partial charge in [0.15, 0.2) is 0 Å². The van der Waals surface area contributed by atoms with Gasteiger partial charge in [-0.15, -0.1) is 0 Å². The van der Waals surface area contributed by atoms with Crippen molar-refractivity contribution in [1.29, 1.82) is 0 Å². The van der Waals surface area contributed by atoms with Gasteiger partial charge in [0, 0.05) is 6.04 Å². The summed E-state index contributed by atoms with van der Waals surface area (Å²) in [5.41, 5.74) is 10.6. The summed E-state index contributed by atoms with van der Waals surface area (Å²) in [6, 6.07) is 6.75. The number of hydrogen-bond donors (Lipinski definition) is 1. The molecule has 0 bridgehead atoms. The lowest BCUT2D eigenvalue weighted by molar-refractivity contribution is 0.307. The fourth-order valence-corrected chi connectivity index (χ4v) is 3.08. The molecule has 0 aromatic heterocycles. The summed E-state index contributed by atoms with van der Waals surface area (Å²) in [5.74, 6) is 0.702. The van der Waals surface area contributed by atoms with Crippen LogP contribution in [0.1, 0.15) is 54.8 Å². The van der Waals surface area contributed by atoms with Gasteiger partial charge in [-0.05, 0) is 49.3 Å². The van der Waals surface area contributed by atoms with Gasteiger partial charge in [-0.3, -0.25) is 0 Å². The van der Waals surface area contributed by atoms with Gasteiger partial charge in [0.05, 0.1) is 0 Å². The minimum absolute atomic E-state index is 0.251. The molecule has 1 aliphatic carbocycles. The standard InChI is InChI=1S/C15H23N/c1-11-7-6-8-12(2)14(11)15(16)13-9-4-3-5-10-13/h6-8,13,15H,3-5,9-10,16H2,1-2H3/t15-/m0/s1. The van der Waals surface area contributed by atoms with Gasteiger partial charge in [-0.1, -0.05) is 37.5 Å². The average Bonchev–Trinajstić information content (AvgIpc) is 2.30. The van der Waals surface area contributed by atoms with E-state index in [2.05, 4.69) is 32.0 Å². The molecule has 1 aliphatic rings. The molecule has 0 heterocycles. The maximum atomic E-state index is 6.47. The molecule has 1 aromatic rings. The van der Waals surface area contributed by atoms with Crippen LogP contribution in [0.2, 0.25) is 0 Å². The summed E-state index contributed by atoms with van der Waals surface area (Å²) >= 11 is 0. The van der Waals surface area contributed by atoms with Crippen molar-refractivity contribution in [2.45, 2.75) is 52.0 Å². The van der Waals surface area contributed by atoms with Crippen molar-refractivity contribution in [2.24, 2.45) is 11.7 Å². The van der Waals surface area contributed by atoms with Gasteiger partial charge < -0.3 is 5.73 Å². The fourth-order valence-electron chi connectivity index (χ4n) is 3.08. The molecule has 0 unspecified atom stereocenters. The van der Waals surface area contributed by atoms with Crippen LogP contribution in [0.15, 0.2) is 18.2 Å². The first kappa shape index (κ1) is 11.7. The van der Waals surface area contributed by atoms with Crippen LogP contribution in [0.4, 0.5) is 0 Å². The molecule has 0 spiro atoms. The van der Waals surface area contributed by atoms with Gasteiger partial charge >= 0.3 is 0 Å². The average molecular weight is 217 g/mol. The van der Waals surface area contributed by atoms with E-state index in [0.717, 1.165) is 0 Å². The summed E-state index contributed by atoms with van der Waals surface area (Å²) in [7, 11) is 0. The highest BCUT2D eigenvalue weighted by atomic mass is 14.7. The number of nitrogens with two attached hydrogens (primary N) is 1. The molecule has 88 valence electrons. The Balaban J connectivity index is 2.22. The lowest BCUT2D eigenvalue weighted by atomic mass is 9.79. The lowest BCUT2D eigenvalue weighted by Crippen LogP contribution is -2.25. The van der Waals surface area contributed by atoms with E-state index in [1.165, 1.54) is 48.8 Å². The minimum atomic E-state index is 0.251. The summed E-state index contributed by atoms with van der Waals surface area (Å²) in [4.78, 5) is 0. The van der Waals surface area contributed by atoms with Crippen LogP contribution in [0.25, 0.3) is 0 Å². The highest BCUT2D eigenvalue weighted by molar-refractivity contribution is 5.36. The smallest absolute Gasteiger partial charge is 0.0328 e. The third-order valence-corrected chi connectivity index (χ3v) is 4.03. The van der Waals surface area contributed by atoms with Gasteiger partial charge in [-0.2, -0.15) is 0 Å². The van der Waals surface area contributed by atoms with E-state index in [1.807, 2.05) is 0 Å². The van der Waals surface area contributed by atoms with Crippen LogP contribution in [0, 0.1) is 19.8 Å². The van der Waals surface area contributed by atoms with Gasteiger partial charge in [0.2, 0.25) is 0 Å². The van der Waals surface area contributed by atoms with Gasteiger partial charge in [0.1, 0.15) is 0 Å². The molecule has 0 saturated heterocycles. The molecular weight excluding hydrogens is 194 g/mol. The largest absolute Gasteiger partial charge is 0.324 e. The number of rotatable bonds is 2. The van der Waals surface area contributed by atoms with E-state index in [-0.39, 0.29) is 6.04 Å². The van der Waals surface area contributed by atoms with Crippen molar-refractivity contribution < 1.29 is 0 Å². The second-order valence-corrected chi connectivity index (χ2v) is 5.23. The Hall–Kier alpha value is -0.820. The molecule has 1 aromatic carbocycles. The summed E-state index contributed by atoms with van der Waals surface area (Å²) in [5, 5.41) is 0. The Morgan fingerprint density at radius 3 is 2.19 bits per heavy atom. The lowest BCUT2D eigenvalue weighted by Gasteiger charge is -2.29. The number of benzene rings is 1. The highest BCUT2D eigenvalue weighted by Gasteiger charge is 2.23. The molecule has 1 heteroatoms. The van der Waals surface area contributed by atoms with Crippen molar-refractivity contribution in [1.82, 2.24) is 0 Å². The second kappa shape index (κ2) is 5.01. The predicted octanol–water partition coefficient (Wildman–Crippen LogP) is 3.88. The summed E-state index contributed by atoms with van der Waals surface area (Å²) in [6.07, 6.45) is 6.76. The summed E-state index contributed by atoms with van der Waals surface area (Å²) in [6.45, 7) is 4.37. The molecule has 2 N–H and O–H groups in total. The molecule has 1 atom stereocenters. The Morgan fingerprint density at radius 2 is 1.62 bits per heavy atom. The molecular formula is C15H23N. The molecule has 0 amide bonds. The molecule has 0 aliphatic heterocycles. The van der Waals surface area contributed by atoms with Crippen LogP contribution in [-0.2, 0) is 0 Å². The van der Waals surface area contributed by atoms with E-state index >= 15 is 0 Å². The van der Waals surface area contributed by atoms with Crippen molar-refractivity contribution in [2.75, 3.05) is 0 Å². The first-order valence-corrected chi connectivity index (χ1v) is 6.52. The predicted molar refractivity (Wildman–Crippen MR) is 69.4 cm³/mol. The van der Waals surface area contributed by atoms with Crippen LogP contribution < -0.4 is 5.73 Å². The van der Waals surface area contributed by atoms with Crippen LogP contribution in [0.3, 0.4) is 0 Å². The van der Waals surface area contributed by atoms with E-state index in [1.54, 1.807) is 0 Å². The first-order valence-electron chi connectivity index (χ1n) is 6.52. The number of hydrogen-bond acceptors (Lipinski definition) is 1. The highest BCUT2D eigenvalue weighted by Crippen LogP contribution is 2.35. The van der Waals surface area contributed by atoms with E-state index in [9.17, 15) is 0 Å². The zero-order valence-electron chi connectivity index (χ0n) is 10.5. The van der Waals surface area contributed by atoms with E-state index in [4.69, 9.17) is 5.73 Å². The molecule has 0 radical (unpaired) electrons. The molecule has 2 rings (SSSR count). The SMILES string of the molecule is Cc1cccc(C)c1[C@@H](N)C1CCCCC1. The zero-order valence-corrected chi connectivity index (χ0v) is 10.5. The maximum Gasteiger partial charge on any atom is 0.0328 e. The van der Waals surface area contributed by atoms with E-state index < -0.39 is 0 Å². The zero-order chi connectivity index (χ0) is 11.5. The summed E-state index contributed by atoms with van der Waals surface area (Å²) < 4.78 is 0. The Labute approximate surface area is 99.0 Å². The third-order valence-electron chi connectivity index (χ3n) is 4.03. The second-order valence-electron chi connectivity index (χ2n) is 5.23. The minimum Gasteiger partial charge on any atom is -0.324 e. The molecule has 1 saturated carbocycles. The van der Waals surface area contributed by atoms with Crippen molar-refractivity contribution in [3.05, 3.63) is 34.9 Å². The van der Waals surface area contributed by atoms with Crippen LogP contribution in [0.5, 0.6) is 0 Å². The third kappa shape index (κ3) is 2.30. The Bertz CT molecular complexity index is 330. The molecule has 1 fully saturated rings. The Kier molecular flexibility index (Phi) is 3.65. The van der Waals surface area contributed by atoms with Crippen molar-refractivity contribution in [3.8, 4) is 0 Å².